The maximum atomic E-state index is 14.8. The quantitative estimate of drug-likeness (QED) is 0.488. The number of hydrogen-bond donors (Lipinski definition) is 0. The van der Waals surface area contributed by atoms with E-state index in [2.05, 4.69) is 15.0 Å². The van der Waals surface area contributed by atoms with Gasteiger partial charge in [0.1, 0.15) is 11.5 Å². The summed E-state index contributed by atoms with van der Waals surface area (Å²) < 4.78 is 18.0. The Labute approximate surface area is 158 Å². The Morgan fingerprint density at radius 2 is 1.86 bits per heavy atom. The molecule has 0 spiro atoms. The smallest absolute Gasteiger partial charge is 0.280 e. The van der Waals surface area contributed by atoms with Crippen LogP contribution in [0.2, 0.25) is 0 Å². The molecule has 0 saturated carbocycles. The van der Waals surface area contributed by atoms with Gasteiger partial charge in [-0.2, -0.15) is 0 Å². The van der Waals surface area contributed by atoms with Gasteiger partial charge in [0.05, 0.1) is 18.4 Å². The molecule has 6 nitrogen and oxygen atoms in total. The summed E-state index contributed by atoms with van der Waals surface area (Å²) in [5.74, 6) is -0.378. The highest BCUT2D eigenvalue weighted by Crippen LogP contribution is 2.23. The minimum Gasteiger partial charge on any atom is -0.306 e. The molecule has 0 saturated heterocycles. The molecule has 1 aromatic carbocycles. The lowest BCUT2D eigenvalue weighted by molar-refractivity contribution is 0.595. The van der Waals surface area contributed by atoms with E-state index in [4.69, 9.17) is 0 Å². The number of nitrogens with zero attached hydrogens (tertiary/aromatic N) is 5. The summed E-state index contributed by atoms with van der Waals surface area (Å²) in [5.41, 5.74) is 3.38. The van der Waals surface area contributed by atoms with E-state index in [0.717, 1.165) is 16.8 Å². The minimum atomic E-state index is -0.378. The molecular formula is C21H14FN5O. The van der Waals surface area contributed by atoms with Crippen molar-refractivity contribution in [3.63, 3.8) is 0 Å². The first-order valence-electron chi connectivity index (χ1n) is 8.71. The zero-order chi connectivity index (χ0) is 19.1. The van der Waals surface area contributed by atoms with Crippen LogP contribution in [0, 0.1) is 5.82 Å². The van der Waals surface area contributed by atoms with E-state index in [1.165, 1.54) is 17.0 Å². The predicted octanol–water partition coefficient (Wildman–Crippen LogP) is 3.29. The maximum Gasteiger partial charge on any atom is 0.280 e. The van der Waals surface area contributed by atoms with Crippen molar-refractivity contribution >= 4 is 16.7 Å². The second kappa shape index (κ2) is 6.38. The zero-order valence-corrected chi connectivity index (χ0v) is 14.7. The Kier molecular flexibility index (Phi) is 3.72. The van der Waals surface area contributed by atoms with Crippen LogP contribution in [-0.4, -0.2) is 23.9 Å². The van der Waals surface area contributed by atoms with Crippen LogP contribution in [0.3, 0.4) is 0 Å². The van der Waals surface area contributed by atoms with Crippen LogP contribution in [-0.2, 0) is 6.54 Å². The van der Waals surface area contributed by atoms with Crippen LogP contribution in [0.25, 0.3) is 27.8 Å². The average molecular weight is 371 g/mol. The number of benzene rings is 1. The van der Waals surface area contributed by atoms with Crippen LogP contribution in [0.15, 0.2) is 78.4 Å². The van der Waals surface area contributed by atoms with Crippen molar-refractivity contribution in [1.29, 1.82) is 0 Å². The summed E-state index contributed by atoms with van der Waals surface area (Å²) in [6.45, 7) is 0.0883. The van der Waals surface area contributed by atoms with Gasteiger partial charge in [-0.1, -0.05) is 12.1 Å². The van der Waals surface area contributed by atoms with Crippen LogP contribution in [0.5, 0.6) is 0 Å². The molecule has 4 aromatic heterocycles. The predicted molar refractivity (Wildman–Crippen MR) is 103 cm³/mol. The largest absolute Gasteiger partial charge is 0.306 e. The van der Waals surface area contributed by atoms with Crippen LogP contribution in [0.1, 0.15) is 5.56 Å². The third-order valence-electron chi connectivity index (χ3n) is 4.70. The van der Waals surface area contributed by atoms with E-state index >= 15 is 0 Å². The van der Waals surface area contributed by atoms with Crippen molar-refractivity contribution in [2.75, 3.05) is 0 Å². The van der Waals surface area contributed by atoms with Gasteiger partial charge in [0, 0.05) is 30.4 Å². The normalized spacial score (nSPS) is 11.3. The molecule has 0 atom stereocenters. The SMILES string of the molecule is O=c1c2ncccc2ncn1Cc1ccc(-c2ccc3nccn3c2)cc1F. The summed E-state index contributed by atoms with van der Waals surface area (Å²) >= 11 is 0. The summed E-state index contributed by atoms with van der Waals surface area (Å²) in [6, 6.07) is 12.2. The van der Waals surface area contributed by atoms with Gasteiger partial charge in [0.15, 0.2) is 5.52 Å². The van der Waals surface area contributed by atoms with Crippen molar-refractivity contribution in [2.45, 2.75) is 6.54 Å². The molecule has 4 heterocycles. The highest BCUT2D eigenvalue weighted by atomic mass is 19.1. The molecular weight excluding hydrogens is 357 g/mol. The van der Waals surface area contributed by atoms with Crippen molar-refractivity contribution in [2.24, 2.45) is 0 Å². The monoisotopic (exact) mass is 371 g/mol. The summed E-state index contributed by atoms with van der Waals surface area (Å²) in [4.78, 5) is 25.1. The van der Waals surface area contributed by atoms with Gasteiger partial charge >= 0.3 is 0 Å². The van der Waals surface area contributed by atoms with Crippen molar-refractivity contribution in [3.8, 4) is 11.1 Å². The standard InChI is InChI=1S/C21H14FN5O/c22-17-10-14(15-5-6-19-23-8-9-26(19)11-15)3-4-16(17)12-27-13-25-18-2-1-7-24-20(18)21(27)28/h1-11,13H,12H2. The number of hydrogen-bond acceptors (Lipinski definition) is 4. The molecule has 0 unspecified atom stereocenters. The Morgan fingerprint density at radius 3 is 2.75 bits per heavy atom. The molecule has 0 aliphatic rings. The lowest BCUT2D eigenvalue weighted by Crippen LogP contribution is -2.22. The number of halogens is 1. The fraction of sp³-hybridized carbons (Fsp3) is 0.0476. The molecule has 5 rings (SSSR count). The van der Waals surface area contributed by atoms with E-state index in [1.807, 2.05) is 35.0 Å². The molecule has 0 bridgehead atoms. The number of rotatable bonds is 3. The minimum absolute atomic E-state index is 0.0883. The first kappa shape index (κ1) is 16.3. The third kappa shape index (κ3) is 2.73. The fourth-order valence-electron chi connectivity index (χ4n) is 3.23. The Bertz CT molecular complexity index is 1390. The van der Waals surface area contributed by atoms with Gasteiger partial charge in [0.2, 0.25) is 0 Å². The van der Waals surface area contributed by atoms with Crippen LogP contribution >= 0.6 is 0 Å². The Hall–Kier alpha value is -3.87. The van der Waals surface area contributed by atoms with E-state index < -0.39 is 0 Å². The van der Waals surface area contributed by atoms with E-state index in [1.54, 1.807) is 30.6 Å². The van der Waals surface area contributed by atoms with Gasteiger partial charge in [-0.15, -0.1) is 0 Å². The van der Waals surface area contributed by atoms with Crippen molar-refractivity contribution in [1.82, 2.24) is 23.9 Å². The maximum absolute atomic E-state index is 14.8. The van der Waals surface area contributed by atoms with Gasteiger partial charge in [-0.05, 0) is 41.5 Å². The topological polar surface area (TPSA) is 65.1 Å². The molecule has 5 aromatic rings. The second-order valence-corrected chi connectivity index (χ2v) is 6.47. The van der Waals surface area contributed by atoms with Gasteiger partial charge in [0.25, 0.3) is 5.56 Å². The molecule has 0 radical (unpaired) electrons. The number of imidazole rings is 1. The van der Waals surface area contributed by atoms with E-state index in [-0.39, 0.29) is 23.4 Å². The van der Waals surface area contributed by atoms with Crippen LogP contribution in [0.4, 0.5) is 4.39 Å². The lowest BCUT2D eigenvalue weighted by Gasteiger charge is -2.09. The molecule has 0 fully saturated rings. The molecule has 0 amide bonds. The van der Waals surface area contributed by atoms with Gasteiger partial charge in [-0.25, -0.2) is 19.3 Å². The first-order chi connectivity index (χ1) is 13.7. The highest BCUT2D eigenvalue weighted by Gasteiger charge is 2.10. The molecule has 0 aliphatic carbocycles. The first-order valence-corrected chi connectivity index (χ1v) is 8.71. The highest BCUT2D eigenvalue weighted by molar-refractivity contribution is 5.72. The summed E-state index contributed by atoms with van der Waals surface area (Å²) in [5, 5.41) is 0. The van der Waals surface area contributed by atoms with E-state index in [0.29, 0.717) is 11.1 Å². The van der Waals surface area contributed by atoms with E-state index in [9.17, 15) is 9.18 Å². The molecule has 0 aliphatic heterocycles. The molecule has 28 heavy (non-hydrogen) atoms. The fourth-order valence-corrected chi connectivity index (χ4v) is 3.23. The van der Waals surface area contributed by atoms with Gasteiger partial charge < -0.3 is 4.40 Å². The Morgan fingerprint density at radius 1 is 0.964 bits per heavy atom. The summed E-state index contributed by atoms with van der Waals surface area (Å²) in [6.07, 6.45) is 8.43. The number of aromatic nitrogens is 5. The molecule has 7 heteroatoms. The average Bonchev–Trinajstić information content (AvgIpc) is 3.19. The second-order valence-electron chi connectivity index (χ2n) is 6.47. The summed E-state index contributed by atoms with van der Waals surface area (Å²) in [7, 11) is 0. The van der Waals surface area contributed by atoms with Crippen molar-refractivity contribution < 1.29 is 4.39 Å². The van der Waals surface area contributed by atoms with Gasteiger partial charge in [-0.3, -0.25) is 9.36 Å². The molecule has 136 valence electrons. The zero-order valence-electron chi connectivity index (χ0n) is 14.7. The Balaban J connectivity index is 1.50. The number of fused-ring (bicyclic) bond motifs is 2. The van der Waals surface area contributed by atoms with Crippen LogP contribution < -0.4 is 5.56 Å². The lowest BCUT2D eigenvalue weighted by atomic mass is 10.0. The van der Waals surface area contributed by atoms with Crippen molar-refractivity contribution in [3.05, 3.63) is 95.3 Å². The third-order valence-corrected chi connectivity index (χ3v) is 4.70. The molecule has 0 N–H and O–H groups in total. The number of pyridine rings is 2.